The van der Waals surface area contributed by atoms with Gasteiger partial charge in [-0.15, -0.1) is 0 Å². The van der Waals surface area contributed by atoms with Crippen LogP contribution >= 0.6 is 11.6 Å². The van der Waals surface area contributed by atoms with Crippen molar-refractivity contribution in [3.8, 4) is 0 Å². The summed E-state index contributed by atoms with van der Waals surface area (Å²) in [6.07, 6.45) is 1.86. The van der Waals surface area contributed by atoms with Crippen LogP contribution in [-0.2, 0) is 6.54 Å². The van der Waals surface area contributed by atoms with Crippen molar-refractivity contribution in [1.82, 2.24) is 15.2 Å². The van der Waals surface area contributed by atoms with Crippen molar-refractivity contribution in [2.24, 2.45) is 0 Å². The third-order valence-electron chi connectivity index (χ3n) is 2.83. The lowest BCUT2D eigenvalue weighted by molar-refractivity contribution is 0.166. The molecule has 1 fully saturated rings. The van der Waals surface area contributed by atoms with E-state index in [-0.39, 0.29) is 0 Å². The average molecular weight is 240 g/mol. The van der Waals surface area contributed by atoms with Crippen molar-refractivity contribution in [2.75, 3.05) is 13.1 Å². The Morgan fingerprint density at radius 1 is 1.38 bits per heavy atom. The first-order valence-electron chi connectivity index (χ1n) is 5.72. The first kappa shape index (κ1) is 11.8. The summed E-state index contributed by atoms with van der Waals surface area (Å²) in [5.41, 5.74) is 1.23. The highest BCUT2D eigenvalue weighted by Crippen LogP contribution is 2.11. The molecule has 0 aromatic carbocycles. The normalized spacial score (nSPS) is 26.9. The predicted octanol–water partition coefficient (Wildman–Crippen LogP) is 1.92. The number of hydrogen-bond donors (Lipinski definition) is 1. The SMILES string of the molecule is C[C@@H]1CN(Cc2ccc(Cl)nc2)C[C@H](C)N1. The minimum atomic E-state index is 0.559. The second-order valence-electron chi connectivity index (χ2n) is 4.65. The van der Waals surface area contributed by atoms with Crippen LogP contribution in [0.2, 0.25) is 5.15 Å². The number of hydrogen-bond acceptors (Lipinski definition) is 3. The van der Waals surface area contributed by atoms with Gasteiger partial charge >= 0.3 is 0 Å². The van der Waals surface area contributed by atoms with Gasteiger partial charge in [-0.1, -0.05) is 17.7 Å². The molecule has 0 amide bonds. The van der Waals surface area contributed by atoms with Gasteiger partial charge in [0.05, 0.1) is 0 Å². The highest BCUT2D eigenvalue weighted by atomic mass is 35.5. The van der Waals surface area contributed by atoms with E-state index < -0.39 is 0 Å². The molecule has 1 aliphatic heterocycles. The Kier molecular flexibility index (Phi) is 3.79. The third kappa shape index (κ3) is 3.17. The number of nitrogens with zero attached hydrogens (tertiary/aromatic N) is 2. The molecule has 0 saturated carbocycles. The lowest BCUT2D eigenvalue weighted by Gasteiger charge is -2.36. The van der Waals surface area contributed by atoms with E-state index in [0.717, 1.165) is 19.6 Å². The summed E-state index contributed by atoms with van der Waals surface area (Å²) >= 11 is 5.77. The summed E-state index contributed by atoms with van der Waals surface area (Å²) < 4.78 is 0. The van der Waals surface area contributed by atoms with E-state index in [2.05, 4.69) is 29.0 Å². The second-order valence-corrected chi connectivity index (χ2v) is 5.04. The quantitative estimate of drug-likeness (QED) is 0.800. The Labute approximate surface area is 102 Å². The number of nitrogens with one attached hydrogen (secondary N) is 1. The Bertz CT molecular complexity index is 329. The predicted molar refractivity (Wildman–Crippen MR) is 66.6 cm³/mol. The summed E-state index contributed by atoms with van der Waals surface area (Å²) in [4.78, 5) is 6.56. The van der Waals surface area contributed by atoms with Gasteiger partial charge in [0.15, 0.2) is 0 Å². The molecule has 1 saturated heterocycles. The van der Waals surface area contributed by atoms with Crippen LogP contribution in [0.5, 0.6) is 0 Å². The molecule has 4 heteroatoms. The Hall–Kier alpha value is -0.640. The summed E-state index contributed by atoms with van der Waals surface area (Å²) in [6.45, 7) is 7.59. The monoisotopic (exact) mass is 239 g/mol. The Balaban J connectivity index is 1.96. The van der Waals surface area contributed by atoms with Crippen molar-refractivity contribution in [3.05, 3.63) is 29.0 Å². The van der Waals surface area contributed by atoms with Crippen LogP contribution in [0, 0.1) is 0 Å². The van der Waals surface area contributed by atoms with Gasteiger partial charge in [0.1, 0.15) is 5.15 Å². The molecular formula is C12H18ClN3. The maximum atomic E-state index is 5.77. The van der Waals surface area contributed by atoms with Gasteiger partial charge in [-0.3, -0.25) is 4.90 Å². The zero-order chi connectivity index (χ0) is 11.5. The molecule has 2 heterocycles. The first-order chi connectivity index (χ1) is 7.63. The number of pyridine rings is 1. The summed E-state index contributed by atoms with van der Waals surface area (Å²) in [7, 11) is 0. The Morgan fingerprint density at radius 2 is 2.06 bits per heavy atom. The zero-order valence-corrected chi connectivity index (χ0v) is 10.5. The van der Waals surface area contributed by atoms with Crippen molar-refractivity contribution < 1.29 is 0 Å². The standard InChI is InChI=1S/C12H18ClN3/c1-9-6-16(7-10(2)15-9)8-11-3-4-12(13)14-5-11/h3-5,9-10,15H,6-8H2,1-2H3/t9-,10+. The van der Waals surface area contributed by atoms with Gasteiger partial charge in [0.25, 0.3) is 0 Å². The minimum absolute atomic E-state index is 0.559. The summed E-state index contributed by atoms with van der Waals surface area (Å²) in [5.74, 6) is 0. The van der Waals surface area contributed by atoms with E-state index in [9.17, 15) is 0 Å². The van der Waals surface area contributed by atoms with Gasteiger partial charge in [-0.05, 0) is 25.5 Å². The summed E-state index contributed by atoms with van der Waals surface area (Å²) in [6, 6.07) is 5.02. The molecule has 1 aliphatic rings. The molecule has 0 spiro atoms. The van der Waals surface area contributed by atoms with Gasteiger partial charge in [-0.25, -0.2) is 4.98 Å². The lowest BCUT2D eigenvalue weighted by Crippen LogP contribution is -2.53. The molecule has 0 aliphatic carbocycles. The first-order valence-corrected chi connectivity index (χ1v) is 6.10. The number of halogens is 1. The fraction of sp³-hybridized carbons (Fsp3) is 0.583. The van der Waals surface area contributed by atoms with Crippen LogP contribution in [0.4, 0.5) is 0 Å². The van der Waals surface area contributed by atoms with Crippen LogP contribution in [0.1, 0.15) is 19.4 Å². The molecule has 2 rings (SSSR count). The smallest absolute Gasteiger partial charge is 0.129 e. The average Bonchev–Trinajstić information content (AvgIpc) is 2.20. The number of aromatic nitrogens is 1. The molecule has 0 bridgehead atoms. The van der Waals surface area contributed by atoms with Gasteiger partial charge < -0.3 is 5.32 Å². The Morgan fingerprint density at radius 3 is 2.62 bits per heavy atom. The molecule has 1 aromatic heterocycles. The lowest BCUT2D eigenvalue weighted by atomic mass is 10.1. The molecule has 16 heavy (non-hydrogen) atoms. The minimum Gasteiger partial charge on any atom is -0.309 e. The third-order valence-corrected chi connectivity index (χ3v) is 3.05. The highest BCUT2D eigenvalue weighted by Gasteiger charge is 2.20. The fourth-order valence-corrected chi connectivity index (χ4v) is 2.44. The van der Waals surface area contributed by atoms with Crippen molar-refractivity contribution in [3.63, 3.8) is 0 Å². The topological polar surface area (TPSA) is 28.2 Å². The summed E-state index contributed by atoms with van der Waals surface area (Å²) in [5, 5.41) is 4.09. The molecule has 2 atom stereocenters. The van der Waals surface area contributed by atoms with Crippen molar-refractivity contribution in [1.29, 1.82) is 0 Å². The van der Waals surface area contributed by atoms with Gasteiger partial charge in [0.2, 0.25) is 0 Å². The molecular weight excluding hydrogens is 222 g/mol. The van der Waals surface area contributed by atoms with E-state index >= 15 is 0 Å². The van der Waals surface area contributed by atoms with E-state index in [4.69, 9.17) is 11.6 Å². The molecule has 88 valence electrons. The van der Waals surface area contributed by atoms with Crippen LogP contribution in [0.15, 0.2) is 18.3 Å². The second kappa shape index (κ2) is 5.13. The van der Waals surface area contributed by atoms with Gasteiger partial charge in [0, 0.05) is 37.9 Å². The highest BCUT2D eigenvalue weighted by molar-refractivity contribution is 6.29. The maximum Gasteiger partial charge on any atom is 0.129 e. The van der Waals surface area contributed by atoms with Crippen molar-refractivity contribution in [2.45, 2.75) is 32.5 Å². The molecule has 1 N–H and O–H groups in total. The van der Waals surface area contributed by atoms with Crippen LogP contribution < -0.4 is 5.32 Å². The van der Waals surface area contributed by atoms with Gasteiger partial charge in [-0.2, -0.15) is 0 Å². The van der Waals surface area contributed by atoms with E-state index in [1.807, 2.05) is 18.3 Å². The maximum absolute atomic E-state index is 5.77. The zero-order valence-electron chi connectivity index (χ0n) is 9.78. The number of piperazine rings is 1. The van der Waals surface area contributed by atoms with Crippen molar-refractivity contribution >= 4 is 11.6 Å². The largest absolute Gasteiger partial charge is 0.309 e. The van der Waals surface area contributed by atoms with E-state index in [1.165, 1.54) is 5.56 Å². The molecule has 0 radical (unpaired) electrons. The molecule has 3 nitrogen and oxygen atoms in total. The molecule has 0 unspecified atom stereocenters. The molecule has 1 aromatic rings. The van der Waals surface area contributed by atoms with E-state index in [0.29, 0.717) is 17.2 Å². The fourth-order valence-electron chi connectivity index (χ4n) is 2.33. The van der Waals surface area contributed by atoms with Crippen LogP contribution in [-0.4, -0.2) is 35.1 Å². The van der Waals surface area contributed by atoms with E-state index in [1.54, 1.807) is 0 Å². The van der Waals surface area contributed by atoms with Crippen LogP contribution in [0.3, 0.4) is 0 Å². The number of rotatable bonds is 2. The van der Waals surface area contributed by atoms with Crippen LogP contribution in [0.25, 0.3) is 0 Å².